The van der Waals surface area contributed by atoms with Crippen LogP contribution in [0.1, 0.15) is 66.7 Å². The molecule has 0 saturated heterocycles. The summed E-state index contributed by atoms with van der Waals surface area (Å²) >= 11 is 0. The zero-order valence-corrected chi connectivity index (χ0v) is 12.9. The average molecular weight is 276 g/mol. The highest BCUT2D eigenvalue weighted by Crippen LogP contribution is 2.15. The van der Waals surface area contributed by atoms with Crippen molar-refractivity contribution in [1.29, 1.82) is 0 Å². The molecule has 0 bridgehead atoms. The van der Waals surface area contributed by atoms with Gasteiger partial charge >= 0.3 is 6.16 Å². The minimum atomic E-state index is -0.859. The molecule has 0 heterocycles. The Morgan fingerprint density at radius 3 is 2.42 bits per heavy atom. The summed E-state index contributed by atoms with van der Waals surface area (Å²) in [5.74, 6) is 0.375. The first kappa shape index (κ1) is 18.2. The Morgan fingerprint density at radius 2 is 1.89 bits per heavy atom. The van der Waals surface area contributed by atoms with E-state index in [9.17, 15) is 4.79 Å². The van der Waals surface area contributed by atoms with Crippen molar-refractivity contribution in [3.8, 4) is 0 Å². The van der Waals surface area contributed by atoms with Gasteiger partial charge in [0.2, 0.25) is 0 Å². The summed E-state index contributed by atoms with van der Waals surface area (Å²) in [5, 5.41) is 4.42. The van der Waals surface area contributed by atoms with Crippen LogP contribution in [-0.2, 0) is 19.6 Å². The van der Waals surface area contributed by atoms with Crippen LogP contribution in [0.25, 0.3) is 0 Å². The molecule has 0 aromatic rings. The van der Waals surface area contributed by atoms with Crippen molar-refractivity contribution in [1.82, 2.24) is 0 Å². The molecule has 0 aromatic carbocycles. The lowest BCUT2D eigenvalue weighted by Crippen LogP contribution is -2.24. The second-order valence-corrected chi connectivity index (χ2v) is 5.33. The van der Waals surface area contributed by atoms with Crippen LogP contribution in [-0.4, -0.2) is 18.4 Å². The van der Waals surface area contributed by atoms with Crippen molar-refractivity contribution in [2.24, 2.45) is 5.92 Å². The Hall–Kier alpha value is -0.810. The second-order valence-electron chi connectivity index (χ2n) is 5.33. The first-order chi connectivity index (χ1) is 8.95. The third-order valence-electron chi connectivity index (χ3n) is 3.19. The van der Waals surface area contributed by atoms with E-state index in [-0.39, 0.29) is 0 Å². The third-order valence-corrected chi connectivity index (χ3v) is 3.19. The smallest absolute Gasteiger partial charge is 0.432 e. The summed E-state index contributed by atoms with van der Waals surface area (Å²) in [6.07, 6.45) is 4.20. The van der Waals surface area contributed by atoms with E-state index in [1.807, 2.05) is 20.8 Å². The van der Waals surface area contributed by atoms with Crippen LogP contribution in [0.5, 0.6) is 0 Å². The van der Waals surface area contributed by atoms with Crippen LogP contribution in [0.15, 0.2) is 0 Å². The maximum absolute atomic E-state index is 11.3. The Morgan fingerprint density at radius 1 is 1.21 bits per heavy atom. The zero-order chi connectivity index (χ0) is 14.7. The van der Waals surface area contributed by atoms with Gasteiger partial charge in [-0.1, -0.05) is 40.0 Å². The van der Waals surface area contributed by atoms with E-state index in [4.69, 9.17) is 9.62 Å². The topological polar surface area (TPSA) is 54.0 Å². The highest BCUT2D eigenvalue weighted by atomic mass is 17.5. The summed E-state index contributed by atoms with van der Waals surface area (Å²) < 4.78 is 4.97. The standard InChI is InChI=1S/C14H28O5/c1-6-9-10-12(7-2)11-16-13(15)17-19-18-14(4,5)8-3/h12H,6-11H2,1-5H3. The normalized spacial score (nSPS) is 13.1. The molecule has 0 radical (unpaired) electrons. The molecule has 0 aliphatic heterocycles. The second kappa shape index (κ2) is 10.0. The average Bonchev–Trinajstić information content (AvgIpc) is 2.39. The maximum Gasteiger partial charge on any atom is 0.542 e. The molecule has 0 N–H and O–H groups in total. The third kappa shape index (κ3) is 9.73. The SMILES string of the molecule is CCCCC(CC)COC(=O)OOOC(C)(C)CC. The fourth-order valence-corrected chi connectivity index (χ4v) is 1.30. The summed E-state index contributed by atoms with van der Waals surface area (Å²) in [4.78, 5) is 20.6. The molecule has 5 heteroatoms. The van der Waals surface area contributed by atoms with Crippen LogP contribution >= 0.6 is 0 Å². The molecule has 5 nitrogen and oxygen atoms in total. The molecule has 19 heavy (non-hydrogen) atoms. The summed E-state index contributed by atoms with van der Waals surface area (Å²) in [6, 6.07) is 0. The van der Waals surface area contributed by atoms with Gasteiger partial charge in [0, 0.05) is 0 Å². The number of carbonyl (C=O) groups excluding carboxylic acids is 1. The molecule has 0 fully saturated rings. The molecular formula is C14H28O5. The van der Waals surface area contributed by atoms with Crippen molar-refractivity contribution < 1.29 is 24.3 Å². The predicted molar refractivity (Wildman–Crippen MR) is 72.3 cm³/mol. The Kier molecular flexibility index (Phi) is 9.61. The minimum absolute atomic E-state index is 0.357. The van der Waals surface area contributed by atoms with E-state index in [0.717, 1.165) is 32.1 Å². The van der Waals surface area contributed by atoms with Crippen molar-refractivity contribution in [3.05, 3.63) is 0 Å². The van der Waals surface area contributed by atoms with E-state index in [0.29, 0.717) is 12.5 Å². The van der Waals surface area contributed by atoms with Crippen LogP contribution < -0.4 is 0 Å². The van der Waals surface area contributed by atoms with Gasteiger partial charge in [0.1, 0.15) is 5.60 Å². The van der Waals surface area contributed by atoms with Crippen LogP contribution in [0.2, 0.25) is 0 Å². The van der Waals surface area contributed by atoms with Gasteiger partial charge in [-0.05, 0) is 37.6 Å². The molecule has 0 aromatic heterocycles. The molecule has 1 unspecified atom stereocenters. The fraction of sp³-hybridized carbons (Fsp3) is 0.929. The van der Waals surface area contributed by atoms with Gasteiger partial charge in [0.25, 0.3) is 0 Å². The molecule has 0 aliphatic carbocycles. The molecule has 114 valence electrons. The lowest BCUT2D eigenvalue weighted by Gasteiger charge is -2.19. The zero-order valence-electron chi connectivity index (χ0n) is 12.9. The van der Waals surface area contributed by atoms with Crippen molar-refractivity contribution >= 4 is 6.16 Å². The maximum atomic E-state index is 11.3. The minimum Gasteiger partial charge on any atom is -0.432 e. The molecule has 0 rings (SSSR count). The van der Waals surface area contributed by atoms with Crippen molar-refractivity contribution in [3.63, 3.8) is 0 Å². The van der Waals surface area contributed by atoms with Gasteiger partial charge < -0.3 is 4.74 Å². The summed E-state index contributed by atoms with van der Waals surface area (Å²) in [6.45, 7) is 10.2. The van der Waals surface area contributed by atoms with Gasteiger partial charge in [0.15, 0.2) is 0 Å². The molecule has 0 saturated carbocycles. The lowest BCUT2D eigenvalue weighted by atomic mass is 10.0. The number of hydrogen-bond acceptors (Lipinski definition) is 5. The van der Waals surface area contributed by atoms with Gasteiger partial charge in [-0.3, -0.25) is 0 Å². The number of carbonyl (C=O) groups is 1. The monoisotopic (exact) mass is 276 g/mol. The van der Waals surface area contributed by atoms with Gasteiger partial charge in [-0.2, -0.15) is 4.89 Å². The Labute approximate surface area is 116 Å². The molecule has 0 amide bonds. The highest BCUT2D eigenvalue weighted by Gasteiger charge is 2.19. The number of rotatable bonds is 10. The molecule has 0 spiro atoms. The van der Waals surface area contributed by atoms with E-state index in [1.54, 1.807) is 0 Å². The first-order valence-electron chi connectivity index (χ1n) is 7.14. The number of ether oxygens (including phenoxy) is 1. The van der Waals surface area contributed by atoms with Crippen LogP contribution in [0.4, 0.5) is 4.79 Å². The largest absolute Gasteiger partial charge is 0.542 e. The van der Waals surface area contributed by atoms with E-state index in [2.05, 4.69) is 23.8 Å². The number of hydrogen-bond donors (Lipinski definition) is 0. The van der Waals surface area contributed by atoms with E-state index < -0.39 is 11.8 Å². The fourth-order valence-electron chi connectivity index (χ4n) is 1.30. The van der Waals surface area contributed by atoms with Gasteiger partial charge in [-0.15, -0.1) is 0 Å². The first-order valence-corrected chi connectivity index (χ1v) is 7.14. The van der Waals surface area contributed by atoms with Gasteiger partial charge in [0.05, 0.1) is 6.61 Å². The van der Waals surface area contributed by atoms with Crippen LogP contribution in [0, 0.1) is 5.92 Å². The quantitative estimate of drug-likeness (QED) is 0.336. The summed E-state index contributed by atoms with van der Waals surface area (Å²) in [7, 11) is 0. The van der Waals surface area contributed by atoms with Crippen molar-refractivity contribution in [2.45, 2.75) is 72.3 Å². The Balaban J connectivity index is 3.74. The van der Waals surface area contributed by atoms with Crippen LogP contribution in [0.3, 0.4) is 0 Å². The highest BCUT2D eigenvalue weighted by molar-refractivity contribution is 5.58. The molecule has 0 aliphatic rings. The Bertz CT molecular complexity index is 240. The predicted octanol–water partition coefficient (Wildman–Crippen LogP) is 4.41. The molecule has 1 atom stereocenters. The lowest BCUT2D eigenvalue weighted by molar-refractivity contribution is -0.517. The van der Waals surface area contributed by atoms with Gasteiger partial charge in [-0.25, -0.2) is 9.68 Å². The molecular weight excluding hydrogens is 248 g/mol. The summed E-state index contributed by atoms with van der Waals surface area (Å²) in [5.41, 5.74) is -0.493. The van der Waals surface area contributed by atoms with E-state index in [1.165, 1.54) is 0 Å². The van der Waals surface area contributed by atoms with E-state index >= 15 is 0 Å². The number of unbranched alkanes of at least 4 members (excludes halogenated alkanes) is 1. The van der Waals surface area contributed by atoms with Crippen molar-refractivity contribution in [2.75, 3.05) is 6.61 Å².